The summed E-state index contributed by atoms with van der Waals surface area (Å²) in [7, 11) is 0. The minimum Gasteiger partial charge on any atom is -0.465 e. The molecule has 0 aromatic carbocycles. The molecule has 5 fully saturated rings. The third-order valence-electron chi connectivity index (χ3n) is 13.4. The lowest BCUT2D eigenvalue weighted by Gasteiger charge is -2.58. The maximum absolute atomic E-state index is 13.2. The smallest absolute Gasteiger partial charge is 0.316 e. The van der Waals surface area contributed by atoms with E-state index in [9.17, 15) is 9.59 Å². The van der Waals surface area contributed by atoms with Crippen LogP contribution in [0, 0.1) is 46.3 Å². The normalized spacial score (nSPS) is 39.9. The molecule has 47 heavy (non-hydrogen) atoms. The number of esters is 1. The molecule has 2 aliphatic heterocycles. The van der Waals surface area contributed by atoms with Crippen molar-refractivity contribution in [1.29, 1.82) is 0 Å². The van der Waals surface area contributed by atoms with E-state index < -0.39 is 5.92 Å². The summed E-state index contributed by atoms with van der Waals surface area (Å²) in [5, 5.41) is 0. The summed E-state index contributed by atoms with van der Waals surface area (Å²) in [5.41, 5.74) is 3.12. The van der Waals surface area contributed by atoms with Gasteiger partial charge in [-0.05, 0) is 113 Å². The van der Waals surface area contributed by atoms with Gasteiger partial charge < -0.3 is 23.7 Å². The molecule has 7 heteroatoms. The molecule has 0 bridgehead atoms. The van der Waals surface area contributed by atoms with E-state index in [1.807, 2.05) is 20.8 Å². The number of ketones is 1. The van der Waals surface area contributed by atoms with Gasteiger partial charge in [0.25, 0.3) is 0 Å². The number of hydrogen-bond acceptors (Lipinski definition) is 7. The zero-order chi connectivity index (χ0) is 33.3. The van der Waals surface area contributed by atoms with Crippen molar-refractivity contribution in [2.75, 3.05) is 19.8 Å². The summed E-state index contributed by atoms with van der Waals surface area (Å²) >= 11 is 0. The Balaban J connectivity index is 1.23. The van der Waals surface area contributed by atoms with Gasteiger partial charge in [0, 0.05) is 31.0 Å². The standard InChI is InChI=1S/C40H62O7/c1-7-43-38(42)30(37(41)25(2)3)22-26(4)31-16-17-32-29-15-14-27-23-28(46-35-12-8-10-20-44-35)24-34(47-36-13-9-11-21-45-36)40(27,6)33(29)18-19-39(31,32)5/h14-15,25-26,28,30-36H,7-13,16-24H2,1-6H3/t26-,28-,30?,31-,32+,33+,34+,35?,36?,39-,40+/m1/s1. The molecule has 4 aliphatic carbocycles. The van der Waals surface area contributed by atoms with Crippen molar-refractivity contribution in [3.05, 3.63) is 23.3 Å². The molecule has 3 unspecified atom stereocenters. The van der Waals surface area contributed by atoms with Crippen LogP contribution < -0.4 is 0 Å². The number of allylic oxidation sites excluding steroid dienone is 3. The highest BCUT2D eigenvalue weighted by molar-refractivity contribution is 5.99. The van der Waals surface area contributed by atoms with Crippen molar-refractivity contribution in [2.45, 2.75) is 150 Å². The summed E-state index contributed by atoms with van der Waals surface area (Å²) in [6.07, 6.45) is 18.2. The Kier molecular flexibility index (Phi) is 11.1. The second-order valence-corrected chi connectivity index (χ2v) is 16.5. The molecule has 264 valence electrons. The molecule has 0 aromatic rings. The van der Waals surface area contributed by atoms with Crippen LogP contribution in [0.15, 0.2) is 23.3 Å². The van der Waals surface area contributed by atoms with Gasteiger partial charge in [0.2, 0.25) is 0 Å². The van der Waals surface area contributed by atoms with E-state index in [0.717, 1.165) is 83.8 Å². The largest absolute Gasteiger partial charge is 0.465 e. The lowest BCUT2D eigenvalue weighted by Crippen LogP contribution is -2.55. The van der Waals surface area contributed by atoms with Crippen molar-refractivity contribution in [3.8, 4) is 0 Å². The fourth-order valence-electron chi connectivity index (χ4n) is 10.8. The zero-order valence-electron chi connectivity index (χ0n) is 30.1. The second kappa shape index (κ2) is 14.7. The number of carbonyl (C=O) groups excluding carboxylic acids is 2. The van der Waals surface area contributed by atoms with Gasteiger partial charge in [0.05, 0.1) is 18.8 Å². The summed E-state index contributed by atoms with van der Waals surface area (Å²) in [4.78, 5) is 26.2. The highest BCUT2D eigenvalue weighted by Gasteiger charge is 2.60. The van der Waals surface area contributed by atoms with E-state index in [-0.39, 0.29) is 59.2 Å². The van der Waals surface area contributed by atoms with E-state index in [2.05, 4.69) is 32.9 Å². The first-order valence-corrected chi connectivity index (χ1v) is 19.2. The first-order chi connectivity index (χ1) is 22.6. The molecule has 2 saturated heterocycles. The topological polar surface area (TPSA) is 80.3 Å². The van der Waals surface area contributed by atoms with Gasteiger partial charge in [-0.3, -0.25) is 9.59 Å². The highest BCUT2D eigenvalue weighted by Crippen LogP contribution is 2.66. The van der Waals surface area contributed by atoms with Gasteiger partial charge in [0.15, 0.2) is 12.6 Å². The molecule has 11 atom stereocenters. The molecule has 0 spiro atoms. The fraction of sp³-hybridized carbons (Fsp3) is 0.850. The number of fused-ring (bicyclic) bond motifs is 5. The zero-order valence-corrected chi connectivity index (χ0v) is 30.1. The van der Waals surface area contributed by atoms with Gasteiger partial charge in [-0.25, -0.2) is 0 Å². The molecule has 3 saturated carbocycles. The quantitative estimate of drug-likeness (QED) is 0.164. The highest BCUT2D eigenvalue weighted by atomic mass is 16.7. The van der Waals surface area contributed by atoms with Crippen LogP contribution in [0.5, 0.6) is 0 Å². The van der Waals surface area contributed by atoms with E-state index in [1.54, 1.807) is 5.57 Å². The van der Waals surface area contributed by atoms with E-state index in [4.69, 9.17) is 23.7 Å². The lowest BCUT2D eigenvalue weighted by molar-refractivity contribution is -0.242. The number of carbonyl (C=O) groups is 2. The van der Waals surface area contributed by atoms with Crippen LogP contribution in [-0.4, -0.2) is 56.4 Å². The number of rotatable bonds is 11. The molecule has 7 nitrogen and oxygen atoms in total. The van der Waals surface area contributed by atoms with Crippen LogP contribution >= 0.6 is 0 Å². The molecule has 6 rings (SSSR count). The predicted octanol–water partition coefficient (Wildman–Crippen LogP) is 8.35. The van der Waals surface area contributed by atoms with Crippen LogP contribution in [0.3, 0.4) is 0 Å². The Morgan fingerprint density at radius 2 is 1.60 bits per heavy atom. The Labute approximate surface area is 283 Å². The van der Waals surface area contributed by atoms with Crippen molar-refractivity contribution < 1.29 is 33.3 Å². The van der Waals surface area contributed by atoms with Crippen molar-refractivity contribution in [3.63, 3.8) is 0 Å². The van der Waals surface area contributed by atoms with Gasteiger partial charge in [0.1, 0.15) is 11.7 Å². The Bertz CT molecular complexity index is 1180. The van der Waals surface area contributed by atoms with Crippen LogP contribution in [-0.2, 0) is 33.3 Å². The molecule has 2 heterocycles. The van der Waals surface area contributed by atoms with Crippen molar-refractivity contribution in [2.24, 2.45) is 46.3 Å². The number of Topliss-reactive ketones (excluding diaryl/α,β-unsaturated/α-hetero) is 1. The minimum absolute atomic E-state index is 0.0157. The molecule has 0 amide bonds. The summed E-state index contributed by atoms with van der Waals surface area (Å²) < 4.78 is 31.2. The Morgan fingerprint density at radius 1 is 0.894 bits per heavy atom. The van der Waals surface area contributed by atoms with Crippen LogP contribution in [0.2, 0.25) is 0 Å². The first-order valence-electron chi connectivity index (χ1n) is 19.2. The number of hydrogen-bond donors (Lipinski definition) is 0. The third kappa shape index (κ3) is 6.94. The molecule has 0 radical (unpaired) electrons. The maximum Gasteiger partial charge on any atom is 0.316 e. The van der Waals surface area contributed by atoms with Gasteiger partial charge in [-0.15, -0.1) is 0 Å². The Hall–Kier alpha value is -1.54. The average molecular weight is 655 g/mol. The van der Waals surface area contributed by atoms with Gasteiger partial charge >= 0.3 is 5.97 Å². The fourth-order valence-corrected chi connectivity index (χ4v) is 10.8. The minimum atomic E-state index is -0.668. The maximum atomic E-state index is 13.2. The molecule has 6 aliphatic rings. The average Bonchev–Trinajstić information content (AvgIpc) is 3.42. The monoisotopic (exact) mass is 654 g/mol. The van der Waals surface area contributed by atoms with Crippen LogP contribution in [0.1, 0.15) is 125 Å². The Morgan fingerprint density at radius 3 is 2.23 bits per heavy atom. The van der Waals surface area contributed by atoms with E-state index in [0.29, 0.717) is 30.8 Å². The molecule has 0 N–H and O–H groups in total. The number of ether oxygens (including phenoxy) is 5. The molecular formula is C40H62O7. The summed E-state index contributed by atoms with van der Waals surface area (Å²) in [6, 6.07) is 0. The molecular weight excluding hydrogens is 592 g/mol. The van der Waals surface area contributed by atoms with Crippen LogP contribution in [0.25, 0.3) is 0 Å². The summed E-state index contributed by atoms with van der Waals surface area (Å²) in [6.45, 7) is 14.8. The predicted molar refractivity (Wildman–Crippen MR) is 181 cm³/mol. The van der Waals surface area contributed by atoms with Gasteiger partial charge in [-0.1, -0.05) is 57.9 Å². The first kappa shape index (κ1) is 35.3. The van der Waals surface area contributed by atoms with Crippen molar-refractivity contribution >= 4 is 11.8 Å². The molecule has 0 aromatic heterocycles. The van der Waals surface area contributed by atoms with Crippen LogP contribution in [0.4, 0.5) is 0 Å². The van der Waals surface area contributed by atoms with Gasteiger partial charge in [-0.2, -0.15) is 0 Å². The third-order valence-corrected chi connectivity index (χ3v) is 13.4. The summed E-state index contributed by atoms with van der Waals surface area (Å²) in [5.74, 6) is 0.486. The lowest BCUT2D eigenvalue weighted by atomic mass is 9.49. The second-order valence-electron chi connectivity index (χ2n) is 16.5. The SMILES string of the molecule is CCOC(=O)C(C[C@@H](C)[C@H]1CC[C@H]2C3=CC=C4C[C@@H](OC5CCCCO5)C[C@H](OC5CCCCO5)[C@]4(C)[C@H]3CC[C@]12C)C(=O)C(C)C. The van der Waals surface area contributed by atoms with E-state index in [1.165, 1.54) is 12.0 Å². The van der Waals surface area contributed by atoms with Crippen molar-refractivity contribution in [1.82, 2.24) is 0 Å². The van der Waals surface area contributed by atoms with E-state index >= 15 is 0 Å².